The van der Waals surface area contributed by atoms with E-state index in [4.69, 9.17) is 14.5 Å². The van der Waals surface area contributed by atoms with E-state index >= 15 is 0 Å². The van der Waals surface area contributed by atoms with Crippen molar-refractivity contribution in [2.24, 2.45) is 15.9 Å². The maximum absolute atomic E-state index is 14.5. The van der Waals surface area contributed by atoms with Crippen LogP contribution in [-0.2, 0) is 9.47 Å². The number of pyridine rings is 1. The van der Waals surface area contributed by atoms with Gasteiger partial charge in [-0.05, 0) is 38.1 Å². The number of fused-ring (bicyclic) bond motifs is 5. The van der Waals surface area contributed by atoms with Gasteiger partial charge in [-0.2, -0.15) is 4.99 Å². The van der Waals surface area contributed by atoms with Crippen molar-refractivity contribution in [3.8, 4) is 0 Å². The summed E-state index contributed by atoms with van der Waals surface area (Å²) in [5.41, 5.74) is 1.58. The van der Waals surface area contributed by atoms with Crippen molar-refractivity contribution < 1.29 is 18.7 Å². The molecule has 176 valence electrons. The van der Waals surface area contributed by atoms with Gasteiger partial charge in [0.05, 0.1) is 30.3 Å². The molecule has 9 nitrogen and oxygen atoms in total. The monoisotopic (exact) mass is 482 g/mol. The fraction of sp³-hybridized carbons (Fsp3) is 0.391. The summed E-state index contributed by atoms with van der Waals surface area (Å²) in [6.45, 7) is 5.26. The van der Waals surface area contributed by atoms with E-state index in [0.29, 0.717) is 36.4 Å². The lowest BCUT2D eigenvalue weighted by atomic mass is 10.1. The molecule has 3 aliphatic heterocycles. The van der Waals surface area contributed by atoms with Gasteiger partial charge in [0, 0.05) is 28.1 Å². The number of aromatic nitrogens is 1. The first-order chi connectivity index (χ1) is 16.5. The van der Waals surface area contributed by atoms with Gasteiger partial charge in [-0.15, -0.1) is 11.3 Å². The minimum absolute atomic E-state index is 0.0376. The molecule has 5 heterocycles. The van der Waals surface area contributed by atoms with E-state index in [1.807, 2.05) is 25.1 Å². The first kappa shape index (κ1) is 21.2. The van der Waals surface area contributed by atoms with Crippen molar-refractivity contribution >= 4 is 61.6 Å². The van der Waals surface area contributed by atoms with Crippen molar-refractivity contribution in [1.29, 1.82) is 0 Å². The average Bonchev–Trinajstić information content (AvgIpc) is 3.10. The Morgan fingerprint density at radius 3 is 2.88 bits per heavy atom. The highest BCUT2D eigenvalue weighted by molar-refractivity contribution is 7.21. The zero-order chi connectivity index (χ0) is 23.4. The quantitative estimate of drug-likeness (QED) is 0.482. The van der Waals surface area contributed by atoms with E-state index in [1.165, 1.54) is 11.3 Å². The van der Waals surface area contributed by atoms with Crippen molar-refractivity contribution in [3.63, 3.8) is 0 Å². The van der Waals surface area contributed by atoms with Crippen LogP contribution in [-0.4, -0.2) is 60.9 Å². The third-order valence-corrected chi connectivity index (χ3v) is 7.24. The zero-order valence-electron chi connectivity index (χ0n) is 18.6. The molecule has 0 aliphatic carbocycles. The van der Waals surface area contributed by atoms with Gasteiger partial charge in [0.15, 0.2) is 5.90 Å². The van der Waals surface area contributed by atoms with Crippen LogP contribution in [0.25, 0.3) is 21.0 Å². The van der Waals surface area contributed by atoms with E-state index in [1.54, 1.807) is 13.0 Å². The Hall–Kier alpha value is -3.31. The molecule has 34 heavy (non-hydrogen) atoms. The smallest absolute Gasteiger partial charge is 0.263 e. The molecule has 11 heteroatoms. The van der Waals surface area contributed by atoms with Crippen LogP contribution in [0.15, 0.2) is 34.3 Å². The predicted octanol–water partition coefficient (Wildman–Crippen LogP) is 3.52. The molecule has 3 aliphatic rings. The lowest BCUT2D eigenvalue weighted by molar-refractivity contribution is -0.0890. The van der Waals surface area contributed by atoms with Gasteiger partial charge in [-0.3, -0.25) is 4.79 Å². The Bertz CT molecular complexity index is 1370. The number of benzene rings is 1. The second-order valence-corrected chi connectivity index (χ2v) is 9.78. The van der Waals surface area contributed by atoms with Crippen LogP contribution in [0.1, 0.15) is 23.5 Å². The lowest BCUT2D eigenvalue weighted by Gasteiger charge is -2.30. The first-order valence-electron chi connectivity index (χ1n) is 11.2. The molecule has 0 radical (unpaired) electrons. The second-order valence-electron chi connectivity index (χ2n) is 8.73. The van der Waals surface area contributed by atoms with Crippen molar-refractivity contribution in [3.05, 3.63) is 29.1 Å². The molecule has 1 aromatic carbocycles. The standard InChI is InChI=1S/C23H23FN6O3S/c1-10-7-25-18-17-13-3-6-16(27-14(13)4-5-15(17)34-19(18)21(31)26-10)28-23-29-20(24)11(2)22(30-23)33-12-8-32-9-12/h3-6,10-12,20,25H,7-9H2,1-2H3,(H,26,31)(H,27,28,29)/t10-,11?,20?/m1/s1. The largest absolute Gasteiger partial charge is 0.472 e. The van der Waals surface area contributed by atoms with Crippen LogP contribution in [0.4, 0.5) is 15.9 Å². The Kier molecular flexibility index (Phi) is 5.10. The molecule has 1 saturated heterocycles. The Labute approximate surface area is 198 Å². The molecular weight excluding hydrogens is 459 g/mol. The fourth-order valence-electron chi connectivity index (χ4n) is 4.14. The summed E-state index contributed by atoms with van der Waals surface area (Å²) in [4.78, 5) is 26.4. The molecule has 3 atom stereocenters. The highest BCUT2D eigenvalue weighted by Crippen LogP contribution is 2.41. The van der Waals surface area contributed by atoms with E-state index in [-0.39, 0.29) is 24.0 Å². The third kappa shape index (κ3) is 3.64. The molecule has 3 aromatic rings. The molecular formula is C23H23FN6O3S. The molecule has 6 rings (SSSR count). The number of amides is 1. The van der Waals surface area contributed by atoms with Gasteiger partial charge >= 0.3 is 0 Å². The summed E-state index contributed by atoms with van der Waals surface area (Å²) in [6.07, 6.45) is -1.56. The van der Waals surface area contributed by atoms with Crippen LogP contribution in [0, 0.1) is 5.92 Å². The number of rotatable bonds is 2. The summed E-state index contributed by atoms with van der Waals surface area (Å²) >= 11 is 1.46. The summed E-state index contributed by atoms with van der Waals surface area (Å²) in [7, 11) is 0. The molecule has 2 unspecified atom stereocenters. The highest BCUT2D eigenvalue weighted by Gasteiger charge is 2.32. The molecule has 0 spiro atoms. The number of aliphatic imine (C=N–C) groups is 2. The number of guanidine groups is 1. The van der Waals surface area contributed by atoms with Crippen molar-refractivity contribution in [2.75, 3.05) is 30.4 Å². The van der Waals surface area contributed by atoms with Gasteiger partial charge in [-0.25, -0.2) is 14.4 Å². The number of anilines is 2. The number of nitrogens with one attached hydrogen (secondary N) is 3. The zero-order valence-corrected chi connectivity index (χ0v) is 19.4. The van der Waals surface area contributed by atoms with Crippen molar-refractivity contribution in [1.82, 2.24) is 10.3 Å². The first-order valence-corrected chi connectivity index (χ1v) is 12.0. The summed E-state index contributed by atoms with van der Waals surface area (Å²) < 4.78 is 26.4. The number of thiophene rings is 1. The Morgan fingerprint density at radius 1 is 1.24 bits per heavy atom. The Balaban J connectivity index is 1.33. The maximum Gasteiger partial charge on any atom is 0.263 e. The van der Waals surface area contributed by atoms with Gasteiger partial charge < -0.3 is 25.4 Å². The minimum Gasteiger partial charge on any atom is -0.472 e. The average molecular weight is 483 g/mol. The van der Waals surface area contributed by atoms with Crippen LogP contribution < -0.4 is 16.0 Å². The van der Waals surface area contributed by atoms with Gasteiger partial charge in [0.2, 0.25) is 12.3 Å². The van der Waals surface area contributed by atoms with Gasteiger partial charge in [0.25, 0.3) is 5.91 Å². The van der Waals surface area contributed by atoms with Crippen LogP contribution in [0.2, 0.25) is 0 Å². The summed E-state index contributed by atoms with van der Waals surface area (Å²) in [5, 5.41) is 11.3. The van der Waals surface area contributed by atoms with Crippen LogP contribution >= 0.6 is 11.3 Å². The van der Waals surface area contributed by atoms with Gasteiger partial charge in [0.1, 0.15) is 16.8 Å². The fourth-order valence-corrected chi connectivity index (χ4v) is 5.24. The predicted molar refractivity (Wildman–Crippen MR) is 131 cm³/mol. The molecule has 1 amide bonds. The van der Waals surface area contributed by atoms with E-state index < -0.39 is 12.2 Å². The molecule has 3 N–H and O–H groups in total. The molecule has 0 saturated carbocycles. The third-order valence-electron chi connectivity index (χ3n) is 6.09. The molecule has 1 fully saturated rings. The van der Waals surface area contributed by atoms with E-state index in [0.717, 1.165) is 26.7 Å². The number of nitrogens with zero attached hydrogens (tertiary/aromatic N) is 3. The number of hydrogen-bond acceptors (Lipinski definition) is 9. The normalized spacial score (nSPS) is 24.9. The minimum atomic E-state index is -1.46. The maximum atomic E-state index is 14.5. The molecule has 0 bridgehead atoms. The number of alkyl halides is 1. The number of carbonyl (C=O) groups is 1. The molecule has 2 aromatic heterocycles. The summed E-state index contributed by atoms with van der Waals surface area (Å²) in [5.74, 6) is 0.280. The number of hydrogen-bond donors (Lipinski definition) is 3. The second kappa shape index (κ2) is 8.17. The van der Waals surface area contributed by atoms with Crippen LogP contribution in [0.3, 0.4) is 0 Å². The van der Waals surface area contributed by atoms with E-state index in [9.17, 15) is 9.18 Å². The van der Waals surface area contributed by atoms with E-state index in [2.05, 4.69) is 25.9 Å². The topological polar surface area (TPSA) is 109 Å². The van der Waals surface area contributed by atoms with Crippen LogP contribution in [0.5, 0.6) is 0 Å². The number of carbonyl (C=O) groups excluding carboxylic acids is 1. The Morgan fingerprint density at radius 2 is 2.09 bits per heavy atom. The lowest BCUT2D eigenvalue weighted by Crippen LogP contribution is -2.42. The van der Waals surface area contributed by atoms with Crippen molar-refractivity contribution in [2.45, 2.75) is 32.3 Å². The SMILES string of the molecule is CC1C(OC2COC2)=NC(Nc2ccc3c(ccc4sc5c(c43)NC[C@@H](C)NC5=O)n2)=NC1F. The number of halogens is 1. The summed E-state index contributed by atoms with van der Waals surface area (Å²) in [6, 6.07) is 7.66. The number of ether oxygens (including phenoxy) is 2. The van der Waals surface area contributed by atoms with Gasteiger partial charge in [-0.1, -0.05) is 0 Å². The highest BCUT2D eigenvalue weighted by atomic mass is 32.1.